The number of anilines is 6. The molecule has 0 unspecified atom stereocenters. The Morgan fingerprint density at radius 3 is 1.63 bits per heavy atom. The van der Waals surface area contributed by atoms with Crippen molar-refractivity contribution < 1.29 is 4.42 Å². The molecule has 330 valence electrons. The molecule has 3 nitrogen and oxygen atoms in total. The normalized spacial score (nSPS) is 13.5. The molecule has 0 fully saturated rings. The van der Waals surface area contributed by atoms with Crippen molar-refractivity contribution in [3.8, 4) is 20.9 Å². The number of hydrogen-bond acceptors (Lipinski definition) is 5. The zero-order valence-electron chi connectivity index (χ0n) is 40.4. The van der Waals surface area contributed by atoms with E-state index in [1.807, 2.05) is 22.7 Å². The van der Waals surface area contributed by atoms with Gasteiger partial charge in [0, 0.05) is 41.6 Å². The van der Waals surface area contributed by atoms with Crippen LogP contribution < -0.4 is 26.4 Å². The first-order valence-corrected chi connectivity index (χ1v) is 25.3. The number of thiophene rings is 2. The predicted molar refractivity (Wildman–Crippen MR) is 293 cm³/mol. The Hall–Kier alpha value is -6.34. The average Bonchev–Trinajstić information content (AvgIpc) is 4.02. The van der Waals surface area contributed by atoms with Gasteiger partial charge in [-0.2, -0.15) is 0 Å². The van der Waals surface area contributed by atoms with Crippen LogP contribution in [0, 0.1) is 34.6 Å². The summed E-state index contributed by atoms with van der Waals surface area (Å²) in [5.74, 6) is 0. The van der Waals surface area contributed by atoms with E-state index in [0.717, 1.165) is 22.3 Å². The van der Waals surface area contributed by atoms with Gasteiger partial charge in [0.25, 0.3) is 6.71 Å². The third kappa shape index (κ3) is 6.58. The van der Waals surface area contributed by atoms with Gasteiger partial charge >= 0.3 is 0 Å². The van der Waals surface area contributed by atoms with Gasteiger partial charge in [0.15, 0.2) is 0 Å². The molecule has 67 heavy (non-hydrogen) atoms. The van der Waals surface area contributed by atoms with E-state index in [4.69, 9.17) is 4.42 Å². The molecule has 12 rings (SSSR count). The maximum atomic E-state index is 7.39. The summed E-state index contributed by atoms with van der Waals surface area (Å²) in [6.07, 6.45) is 0. The lowest BCUT2D eigenvalue weighted by Crippen LogP contribution is -2.61. The molecule has 6 heteroatoms. The summed E-state index contributed by atoms with van der Waals surface area (Å²) in [6.45, 7) is 25.2. The number of hydrogen-bond donors (Lipinski definition) is 0. The molecule has 0 amide bonds. The van der Waals surface area contributed by atoms with Crippen molar-refractivity contribution in [3.05, 3.63) is 172 Å². The van der Waals surface area contributed by atoms with Crippen LogP contribution >= 0.6 is 22.7 Å². The Morgan fingerprint density at radius 2 is 1.03 bits per heavy atom. The van der Waals surface area contributed by atoms with Gasteiger partial charge in [0.1, 0.15) is 5.58 Å². The Labute approximate surface area is 403 Å². The molecule has 0 saturated heterocycles. The van der Waals surface area contributed by atoms with Gasteiger partial charge < -0.3 is 14.2 Å². The first-order chi connectivity index (χ1) is 32.0. The van der Waals surface area contributed by atoms with Crippen molar-refractivity contribution in [2.45, 2.75) is 87.0 Å². The van der Waals surface area contributed by atoms with Crippen LogP contribution in [-0.4, -0.2) is 6.71 Å². The van der Waals surface area contributed by atoms with Crippen molar-refractivity contribution in [2.24, 2.45) is 0 Å². The minimum Gasteiger partial charge on any atom is -0.468 e. The van der Waals surface area contributed by atoms with Gasteiger partial charge in [0.2, 0.25) is 0 Å². The van der Waals surface area contributed by atoms with Crippen molar-refractivity contribution >= 4 is 111 Å². The first kappa shape index (κ1) is 42.0. The van der Waals surface area contributed by atoms with E-state index in [-0.39, 0.29) is 17.5 Å². The molecule has 0 spiro atoms. The van der Waals surface area contributed by atoms with E-state index in [1.165, 1.54) is 119 Å². The summed E-state index contributed by atoms with van der Waals surface area (Å²) in [6, 6.07) is 50.9. The summed E-state index contributed by atoms with van der Waals surface area (Å²) in [4.78, 5) is 7.77. The first-order valence-electron chi connectivity index (χ1n) is 23.7. The molecule has 0 aliphatic carbocycles. The number of furan rings is 1. The van der Waals surface area contributed by atoms with Crippen LogP contribution in [0.3, 0.4) is 0 Å². The summed E-state index contributed by atoms with van der Waals surface area (Å²) in [5.41, 5.74) is 23.0. The van der Waals surface area contributed by atoms with Crippen LogP contribution in [-0.2, 0) is 10.8 Å². The third-order valence-electron chi connectivity index (χ3n) is 14.4. The number of aryl methyl sites for hydroxylation is 5. The molecule has 0 bridgehead atoms. The molecule has 0 N–H and O–H groups in total. The molecule has 0 saturated carbocycles. The molecular weight excluding hydrogens is 852 g/mol. The lowest BCUT2D eigenvalue weighted by atomic mass is 9.35. The Kier molecular flexibility index (Phi) is 9.31. The Bertz CT molecular complexity index is 3590. The molecule has 5 heterocycles. The minimum absolute atomic E-state index is 0.0170. The van der Waals surface area contributed by atoms with Crippen molar-refractivity contribution in [1.29, 1.82) is 0 Å². The topological polar surface area (TPSA) is 19.6 Å². The van der Waals surface area contributed by atoms with Gasteiger partial charge in [-0.15, -0.1) is 22.7 Å². The molecule has 7 aromatic carbocycles. The maximum Gasteiger partial charge on any atom is 0.297 e. The Balaban J connectivity index is 1.16. The fraction of sp³-hybridized carbons (Fsp3) is 0.213. The molecule has 2 aliphatic heterocycles. The molecule has 10 aromatic rings. The summed E-state index contributed by atoms with van der Waals surface area (Å²) in [5, 5.41) is 3.72. The smallest absolute Gasteiger partial charge is 0.297 e. The largest absolute Gasteiger partial charge is 0.468 e. The van der Waals surface area contributed by atoms with Gasteiger partial charge in [-0.1, -0.05) is 108 Å². The zero-order valence-corrected chi connectivity index (χ0v) is 42.0. The highest BCUT2D eigenvalue weighted by molar-refractivity contribution is 7.22. The van der Waals surface area contributed by atoms with E-state index < -0.39 is 0 Å². The van der Waals surface area contributed by atoms with Gasteiger partial charge in [-0.3, -0.25) is 0 Å². The number of nitrogens with zero attached hydrogens (tertiary/aromatic N) is 2. The molecular formula is C61H55BN2OS2. The monoisotopic (exact) mass is 906 g/mol. The zero-order chi connectivity index (χ0) is 46.4. The molecule has 3 aromatic heterocycles. The van der Waals surface area contributed by atoms with E-state index in [1.54, 1.807) is 0 Å². The molecule has 0 atom stereocenters. The lowest BCUT2D eigenvalue weighted by molar-refractivity contribution is 0.589. The SMILES string of the molecule is Cc1cc2c3c(c1)N(c1c(C)cc(-c4cc5ccccc5s4)cc1C)c1c(oc4ccc(C(C)(C)C)cc14)B3c1ccc(-c3cc4ccccc4s3)cc1N2c1c(C)cc(C(C)(C)C)cc1C. The lowest BCUT2D eigenvalue weighted by Gasteiger charge is -2.44. The minimum atomic E-state index is -0.141. The van der Waals surface area contributed by atoms with Gasteiger partial charge in [-0.25, -0.2) is 0 Å². The van der Waals surface area contributed by atoms with Crippen LogP contribution in [0.15, 0.2) is 138 Å². The summed E-state index contributed by atoms with van der Waals surface area (Å²) >= 11 is 3.74. The quantitative estimate of drug-likeness (QED) is 0.164. The second-order valence-corrected chi connectivity index (χ2v) is 23.5. The van der Waals surface area contributed by atoms with Crippen molar-refractivity contribution in [3.63, 3.8) is 0 Å². The van der Waals surface area contributed by atoms with Crippen LogP contribution in [0.5, 0.6) is 0 Å². The van der Waals surface area contributed by atoms with Gasteiger partial charge in [-0.05, 0) is 184 Å². The van der Waals surface area contributed by atoms with Crippen LogP contribution in [0.25, 0.3) is 52.0 Å². The van der Waals surface area contributed by atoms with Crippen molar-refractivity contribution in [2.75, 3.05) is 9.80 Å². The van der Waals surface area contributed by atoms with Crippen LogP contribution in [0.1, 0.15) is 80.5 Å². The summed E-state index contributed by atoms with van der Waals surface area (Å²) < 4.78 is 10.0. The highest BCUT2D eigenvalue weighted by atomic mass is 32.1. The molecule has 0 radical (unpaired) electrons. The number of benzene rings is 7. The summed E-state index contributed by atoms with van der Waals surface area (Å²) in [7, 11) is 0. The van der Waals surface area contributed by atoms with E-state index in [0.29, 0.717) is 0 Å². The number of rotatable bonds is 4. The predicted octanol–water partition coefficient (Wildman–Crippen LogP) is 16.4. The van der Waals surface area contributed by atoms with Gasteiger partial charge in [0.05, 0.1) is 22.7 Å². The average molecular weight is 907 g/mol. The fourth-order valence-corrected chi connectivity index (χ4v) is 13.3. The standard InChI is InChI=1S/C61H55BN2OS2/c1-34-24-48-55-49(25-34)64(57-35(2)26-42(27-36(57)3)54-32-40-17-13-15-19-52(40)67-54)58-45-33-43(60(6,7)8)21-23-50(45)65-59(58)62(55)46-22-20-41(53-31-39-16-12-14-18-51(39)66-53)30-47(46)63(48)56-37(4)28-44(29-38(56)5)61(9,10)11/h12-33H,1-11H3. The van der Waals surface area contributed by atoms with Crippen molar-refractivity contribution in [1.82, 2.24) is 0 Å². The van der Waals surface area contributed by atoms with Crippen LogP contribution in [0.4, 0.5) is 34.1 Å². The number of fused-ring (bicyclic) bond motifs is 8. The Morgan fingerprint density at radius 1 is 0.478 bits per heavy atom. The van der Waals surface area contributed by atoms with E-state index in [9.17, 15) is 0 Å². The highest BCUT2D eigenvalue weighted by Gasteiger charge is 2.48. The van der Waals surface area contributed by atoms with E-state index in [2.05, 4.69) is 219 Å². The molecule has 2 aliphatic rings. The third-order valence-corrected chi connectivity index (χ3v) is 16.7. The maximum absolute atomic E-state index is 7.39. The van der Waals surface area contributed by atoms with E-state index >= 15 is 0 Å². The van der Waals surface area contributed by atoms with Crippen LogP contribution in [0.2, 0.25) is 0 Å². The highest BCUT2D eigenvalue weighted by Crippen LogP contribution is 2.51. The second kappa shape index (κ2) is 14.8. The second-order valence-electron chi connectivity index (χ2n) is 21.3. The fourth-order valence-electron chi connectivity index (χ4n) is 11.1.